The molecule has 0 aromatic carbocycles. The smallest absolute Gasteiger partial charge is 0.0641 e. The van der Waals surface area contributed by atoms with Crippen molar-refractivity contribution < 1.29 is 0 Å². The van der Waals surface area contributed by atoms with E-state index in [1.165, 1.54) is 11.3 Å². The van der Waals surface area contributed by atoms with Gasteiger partial charge in [0.2, 0.25) is 0 Å². The number of nitrogens with one attached hydrogen (secondary N) is 1. The topological polar surface area (TPSA) is 29.9 Å². The van der Waals surface area contributed by atoms with E-state index in [-0.39, 0.29) is 24.8 Å². The number of aryl methyl sites for hydroxylation is 2. The Morgan fingerprint density at radius 3 is 2.15 bits per heavy atom. The lowest BCUT2D eigenvalue weighted by Crippen LogP contribution is -2.07. The van der Waals surface area contributed by atoms with Crippen LogP contribution in [0.2, 0.25) is 0 Å². The van der Waals surface area contributed by atoms with Gasteiger partial charge in [0, 0.05) is 24.8 Å². The van der Waals surface area contributed by atoms with Gasteiger partial charge in [-0.05, 0) is 20.9 Å². The van der Waals surface area contributed by atoms with Crippen LogP contribution < -0.4 is 5.32 Å². The van der Waals surface area contributed by atoms with E-state index < -0.39 is 0 Å². The van der Waals surface area contributed by atoms with E-state index >= 15 is 0 Å². The van der Waals surface area contributed by atoms with Crippen LogP contribution in [-0.4, -0.2) is 16.8 Å². The van der Waals surface area contributed by atoms with Crippen molar-refractivity contribution in [2.24, 2.45) is 7.05 Å². The van der Waals surface area contributed by atoms with Crippen LogP contribution in [-0.2, 0) is 13.6 Å². The summed E-state index contributed by atoms with van der Waals surface area (Å²) in [4.78, 5) is 0. The minimum absolute atomic E-state index is 0. The number of halogens is 2. The molecule has 0 unspecified atom stereocenters. The van der Waals surface area contributed by atoms with Crippen molar-refractivity contribution in [1.82, 2.24) is 15.1 Å². The lowest BCUT2D eigenvalue weighted by molar-refractivity contribution is 0.727. The lowest BCUT2D eigenvalue weighted by atomic mass is 10.2. The molecule has 0 bridgehead atoms. The first kappa shape index (κ1) is 15.2. The van der Waals surface area contributed by atoms with Crippen LogP contribution in [0.1, 0.15) is 17.0 Å². The molecule has 1 N–H and O–H groups in total. The Hall–Kier alpha value is -0.250. The van der Waals surface area contributed by atoms with Gasteiger partial charge < -0.3 is 5.32 Å². The summed E-state index contributed by atoms with van der Waals surface area (Å²) in [6.07, 6.45) is 0. The average Bonchev–Trinajstić information content (AvgIpc) is 2.17. The van der Waals surface area contributed by atoms with E-state index in [0.717, 1.165) is 12.2 Å². The summed E-state index contributed by atoms with van der Waals surface area (Å²) in [6, 6.07) is 0. The summed E-state index contributed by atoms with van der Waals surface area (Å²) in [5.41, 5.74) is 3.69. The molecule has 0 spiro atoms. The van der Waals surface area contributed by atoms with Crippen molar-refractivity contribution in [1.29, 1.82) is 0 Å². The van der Waals surface area contributed by atoms with Crippen molar-refractivity contribution in [3.8, 4) is 0 Å². The molecule has 0 aliphatic heterocycles. The molecular formula is C8H17Cl2N3. The first-order valence-corrected chi connectivity index (χ1v) is 3.80. The van der Waals surface area contributed by atoms with Gasteiger partial charge in [-0.25, -0.2) is 0 Å². The van der Waals surface area contributed by atoms with Gasteiger partial charge in [0.15, 0.2) is 0 Å². The van der Waals surface area contributed by atoms with Crippen LogP contribution in [0.4, 0.5) is 0 Å². The molecule has 0 amide bonds. The summed E-state index contributed by atoms with van der Waals surface area (Å²) in [5, 5.41) is 7.43. The Balaban J connectivity index is 0. The number of aromatic nitrogens is 2. The zero-order chi connectivity index (χ0) is 8.43. The van der Waals surface area contributed by atoms with E-state index in [1.807, 2.05) is 25.7 Å². The van der Waals surface area contributed by atoms with Gasteiger partial charge in [-0.3, -0.25) is 4.68 Å². The molecule has 78 valence electrons. The fourth-order valence-corrected chi connectivity index (χ4v) is 1.25. The third kappa shape index (κ3) is 3.18. The maximum Gasteiger partial charge on any atom is 0.0641 e. The summed E-state index contributed by atoms with van der Waals surface area (Å²) >= 11 is 0. The highest BCUT2D eigenvalue weighted by Crippen LogP contribution is 2.10. The third-order valence-electron chi connectivity index (χ3n) is 2.01. The largest absolute Gasteiger partial charge is 0.316 e. The molecule has 3 nitrogen and oxygen atoms in total. The highest BCUT2D eigenvalue weighted by Gasteiger charge is 2.06. The summed E-state index contributed by atoms with van der Waals surface area (Å²) in [6.45, 7) is 5.04. The second-order valence-corrected chi connectivity index (χ2v) is 2.80. The lowest BCUT2D eigenvalue weighted by Gasteiger charge is -1.98. The highest BCUT2D eigenvalue weighted by molar-refractivity contribution is 5.85. The van der Waals surface area contributed by atoms with Crippen LogP contribution in [0.3, 0.4) is 0 Å². The molecule has 13 heavy (non-hydrogen) atoms. The predicted molar refractivity (Wildman–Crippen MR) is 59.9 cm³/mol. The maximum atomic E-state index is 4.31. The van der Waals surface area contributed by atoms with Crippen molar-refractivity contribution >= 4 is 24.8 Å². The zero-order valence-corrected chi connectivity index (χ0v) is 10.1. The van der Waals surface area contributed by atoms with Crippen LogP contribution in [0.15, 0.2) is 0 Å². The van der Waals surface area contributed by atoms with E-state index in [0.29, 0.717) is 0 Å². The normalized spacial score (nSPS) is 8.92. The summed E-state index contributed by atoms with van der Waals surface area (Å²) in [7, 11) is 3.92. The molecule has 1 aromatic heterocycles. The fourth-order valence-electron chi connectivity index (χ4n) is 1.25. The molecule has 0 atom stereocenters. The minimum atomic E-state index is 0. The molecular weight excluding hydrogens is 209 g/mol. The molecule has 0 aliphatic carbocycles. The maximum absolute atomic E-state index is 4.31. The molecule has 1 heterocycles. The average molecular weight is 226 g/mol. The van der Waals surface area contributed by atoms with Crippen LogP contribution >= 0.6 is 24.8 Å². The van der Waals surface area contributed by atoms with Crippen molar-refractivity contribution in [2.75, 3.05) is 7.05 Å². The Labute approximate surface area is 91.7 Å². The Morgan fingerprint density at radius 1 is 1.31 bits per heavy atom. The SMILES string of the molecule is CNCc1c(C)nn(C)c1C.Cl.Cl. The monoisotopic (exact) mass is 225 g/mol. The molecule has 0 radical (unpaired) electrons. The van der Waals surface area contributed by atoms with Gasteiger partial charge in [-0.1, -0.05) is 0 Å². The predicted octanol–water partition coefficient (Wildman–Crippen LogP) is 1.60. The highest BCUT2D eigenvalue weighted by atomic mass is 35.5. The van der Waals surface area contributed by atoms with Gasteiger partial charge in [-0.15, -0.1) is 24.8 Å². The van der Waals surface area contributed by atoms with Gasteiger partial charge in [0.1, 0.15) is 0 Å². The Morgan fingerprint density at radius 2 is 1.85 bits per heavy atom. The Kier molecular flexibility index (Phi) is 7.31. The van der Waals surface area contributed by atoms with E-state index in [1.54, 1.807) is 0 Å². The molecule has 0 saturated carbocycles. The molecule has 0 fully saturated rings. The molecule has 5 heteroatoms. The van der Waals surface area contributed by atoms with Gasteiger partial charge in [-0.2, -0.15) is 5.10 Å². The second-order valence-electron chi connectivity index (χ2n) is 2.80. The van der Waals surface area contributed by atoms with Gasteiger partial charge >= 0.3 is 0 Å². The number of nitrogens with zero attached hydrogens (tertiary/aromatic N) is 2. The van der Waals surface area contributed by atoms with Gasteiger partial charge in [0.25, 0.3) is 0 Å². The molecule has 1 rings (SSSR count). The first-order valence-electron chi connectivity index (χ1n) is 3.80. The van der Waals surface area contributed by atoms with Crippen LogP contribution in [0, 0.1) is 13.8 Å². The molecule has 0 aliphatic rings. The zero-order valence-electron chi connectivity index (χ0n) is 8.42. The minimum Gasteiger partial charge on any atom is -0.316 e. The van der Waals surface area contributed by atoms with E-state index in [4.69, 9.17) is 0 Å². The summed E-state index contributed by atoms with van der Waals surface area (Å²) < 4.78 is 1.92. The molecule has 0 saturated heterocycles. The number of hydrogen-bond acceptors (Lipinski definition) is 2. The molecule has 1 aromatic rings. The van der Waals surface area contributed by atoms with Crippen molar-refractivity contribution in [2.45, 2.75) is 20.4 Å². The quantitative estimate of drug-likeness (QED) is 0.830. The van der Waals surface area contributed by atoms with E-state index in [2.05, 4.69) is 17.3 Å². The van der Waals surface area contributed by atoms with E-state index in [9.17, 15) is 0 Å². The first-order chi connectivity index (χ1) is 5.16. The van der Waals surface area contributed by atoms with Gasteiger partial charge in [0.05, 0.1) is 5.69 Å². The van der Waals surface area contributed by atoms with Crippen molar-refractivity contribution in [3.05, 3.63) is 17.0 Å². The second kappa shape index (κ2) is 6.24. The number of rotatable bonds is 2. The Bertz CT molecular complexity index is 258. The third-order valence-corrected chi connectivity index (χ3v) is 2.01. The van der Waals surface area contributed by atoms with Crippen LogP contribution in [0.25, 0.3) is 0 Å². The fraction of sp³-hybridized carbons (Fsp3) is 0.625. The van der Waals surface area contributed by atoms with Crippen LogP contribution in [0.5, 0.6) is 0 Å². The summed E-state index contributed by atoms with van der Waals surface area (Å²) in [5.74, 6) is 0. The standard InChI is InChI=1S/C8H15N3.2ClH/c1-6-8(5-9-3)7(2)11(4)10-6;;/h9H,5H2,1-4H3;2*1H. The number of hydrogen-bond donors (Lipinski definition) is 1. The van der Waals surface area contributed by atoms with Crippen molar-refractivity contribution in [3.63, 3.8) is 0 Å².